The van der Waals surface area contributed by atoms with Gasteiger partial charge in [-0.15, -0.1) is 5.10 Å². The minimum absolute atomic E-state index is 0.00865. The van der Waals surface area contributed by atoms with Gasteiger partial charge in [0.1, 0.15) is 5.82 Å². The summed E-state index contributed by atoms with van der Waals surface area (Å²) in [6.45, 7) is 2.23. The van der Waals surface area contributed by atoms with E-state index in [1.54, 1.807) is 0 Å². The first-order valence-electron chi connectivity index (χ1n) is 6.98. The molecule has 0 spiro atoms. The lowest BCUT2D eigenvalue weighted by Gasteiger charge is -1.99. The van der Waals surface area contributed by atoms with Gasteiger partial charge < -0.3 is 5.11 Å². The summed E-state index contributed by atoms with van der Waals surface area (Å²) in [5.74, 6) is 0.0271. The van der Waals surface area contributed by atoms with Gasteiger partial charge in [-0.25, -0.2) is 4.98 Å². The molecule has 1 rings (SSSR count). The Balaban J connectivity index is 2.07. The normalized spacial score (nSPS) is 10.8. The molecule has 0 amide bonds. The highest BCUT2D eigenvalue weighted by Crippen LogP contribution is 2.13. The van der Waals surface area contributed by atoms with Gasteiger partial charge in [0.05, 0.1) is 5.75 Å². The van der Waals surface area contributed by atoms with Gasteiger partial charge in [-0.05, 0) is 6.42 Å². The van der Waals surface area contributed by atoms with Crippen molar-refractivity contribution >= 4 is 17.7 Å². The number of nitrogens with one attached hydrogen (secondary N) is 1. The molecule has 0 unspecified atom stereocenters. The average molecular weight is 285 g/mol. The van der Waals surface area contributed by atoms with Crippen molar-refractivity contribution in [3.8, 4) is 0 Å². The molecule has 6 heteroatoms. The van der Waals surface area contributed by atoms with Gasteiger partial charge in [0.25, 0.3) is 0 Å². The molecule has 0 bridgehead atoms. The minimum Gasteiger partial charge on any atom is -0.481 e. The van der Waals surface area contributed by atoms with E-state index in [2.05, 4.69) is 22.1 Å². The summed E-state index contributed by atoms with van der Waals surface area (Å²) in [5, 5.41) is 15.9. The third-order valence-corrected chi connectivity index (χ3v) is 3.69. The summed E-state index contributed by atoms with van der Waals surface area (Å²) in [5.41, 5.74) is 0. The largest absolute Gasteiger partial charge is 0.481 e. The molecule has 19 heavy (non-hydrogen) atoms. The SMILES string of the molecule is CCCCCCCCCc1nc(SCC(=O)O)n[nH]1. The highest BCUT2D eigenvalue weighted by molar-refractivity contribution is 7.99. The van der Waals surface area contributed by atoms with Gasteiger partial charge in [-0.3, -0.25) is 9.89 Å². The molecule has 0 radical (unpaired) electrons. The summed E-state index contributed by atoms with van der Waals surface area (Å²) in [6.07, 6.45) is 9.81. The second-order valence-electron chi connectivity index (χ2n) is 4.62. The molecule has 0 saturated carbocycles. The van der Waals surface area contributed by atoms with Gasteiger partial charge in [-0.2, -0.15) is 0 Å². The maximum absolute atomic E-state index is 10.4. The number of thioether (sulfide) groups is 1. The fourth-order valence-electron chi connectivity index (χ4n) is 1.83. The molecule has 0 atom stereocenters. The number of carboxylic acid groups (broad SMARTS) is 1. The van der Waals surface area contributed by atoms with Crippen LogP contribution in [0.3, 0.4) is 0 Å². The Bertz CT molecular complexity index is 369. The number of aromatic nitrogens is 3. The van der Waals surface area contributed by atoms with Gasteiger partial charge in [0.15, 0.2) is 0 Å². The van der Waals surface area contributed by atoms with E-state index in [1.807, 2.05) is 0 Å². The van der Waals surface area contributed by atoms with Crippen LogP contribution in [-0.2, 0) is 11.2 Å². The molecule has 1 aromatic heterocycles. The first-order valence-corrected chi connectivity index (χ1v) is 7.96. The predicted octanol–water partition coefficient (Wildman–Crippen LogP) is 3.27. The Kier molecular flexibility index (Phi) is 8.29. The number of aryl methyl sites for hydroxylation is 1. The lowest BCUT2D eigenvalue weighted by Crippen LogP contribution is -1.97. The number of aromatic amines is 1. The van der Waals surface area contributed by atoms with Crippen molar-refractivity contribution in [2.24, 2.45) is 0 Å². The van der Waals surface area contributed by atoms with Crippen LogP contribution < -0.4 is 0 Å². The smallest absolute Gasteiger partial charge is 0.313 e. The summed E-state index contributed by atoms with van der Waals surface area (Å²) >= 11 is 1.15. The Labute approximate surface area is 118 Å². The van der Waals surface area contributed by atoms with Gasteiger partial charge >= 0.3 is 5.97 Å². The van der Waals surface area contributed by atoms with E-state index in [1.165, 1.54) is 38.5 Å². The first kappa shape index (κ1) is 16.0. The second-order valence-corrected chi connectivity index (χ2v) is 5.56. The van der Waals surface area contributed by atoms with Crippen LogP contribution in [0.15, 0.2) is 5.16 Å². The summed E-state index contributed by atoms with van der Waals surface area (Å²) in [6, 6.07) is 0. The van der Waals surface area contributed by atoms with Crippen molar-refractivity contribution in [1.29, 1.82) is 0 Å². The fourth-order valence-corrected chi connectivity index (χ4v) is 2.37. The Morgan fingerprint density at radius 1 is 1.21 bits per heavy atom. The highest BCUT2D eigenvalue weighted by Gasteiger charge is 2.06. The number of hydrogen-bond acceptors (Lipinski definition) is 4. The van der Waals surface area contributed by atoms with E-state index in [-0.39, 0.29) is 5.75 Å². The third-order valence-electron chi connectivity index (χ3n) is 2.85. The van der Waals surface area contributed by atoms with Crippen LogP contribution in [0.2, 0.25) is 0 Å². The molecule has 0 saturated heterocycles. The highest BCUT2D eigenvalue weighted by atomic mass is 32.2. The van der Waals surface area contributed by atoms with Crippen molar-refractivity contribution in [3.63, 3.8) is 0 Å². The van der Waals surface area contributed by atoms with Crippen LogP contribution in [-0.4, -0.2) is 32.0 Å². The Morgan fingerprint density at radius 2 is 1.89 bits per heavy atom. The van der Waals surface area contributed by atoms with Crippen molar-refractivity contribution in [2.75, 3.05) is 5.75 Å². The van der Waals surface area contributed by atoms with Crippen LogP contribution in [0.4, 0.5) is 0 Å². The molecule has 1 aromatic rings. The average Bonchev–Trinajstić information content (AvgIpc) is 2.83. The molecule has 5 nitrogen and oxygen atoms in total. The van der Waals surface area contributed by atoms with Crippen molar-refractivity contribution in [3.05, 3.63) is 5.82 Å². The van der Waals surface area contributed by atoms with E-state index in [0.29, 0.717) is 5.16 Å². The zero-order valence-electron chi connectivity index (χ0n) is 11.5. The van der Waals surface area contributed by atoms with E-state index in [4.69, 9.17) is 5.11 Å². The van der Waals surface area contributed by atoms with Crippen molar-refractivity contribution < 1.29 is 9.90 Å². The quantitative estimate of drug-likeness (QED) is 0.482. The number of carboxylic acids is 1. The zero-order valence-corrected chi connectivity index (χ0v) is 12.3. The first-order chi connectivity index (χ1) is 9.22. The number of nitrogens with zero attached hydrogens (tertiary/aromatic N) is 2. The predicted molar refractivity (Wildman–Crippen MR) is 76.4 cm³/mol. The number of carbonyl (C=O) groups is 1. The van der Waals surface area contributed by atoms with E-state index in [0.717, 1.165) is 30.4 Å². The lowest BCUT2D eigenvalue weighted by molar-refractivity contribution is -0.133. The number of rotatable bonds is 11. The van der Waals surface area contributed by atoms with E-state index < -0.39 is 5.97 Å². The van der Waals surface area contributed by atoms with Crippen LogP contribution in [0, 0.1) is 0 Å². The van der Waals surface area contributed by atoms with Crippen molar-refractivity contribution in [1.82, 2.24) is 15.2 Å². The third kappa shape index (κ3) is 7.87. The van der Waals surface area contributed by atoms with Crippen LogP contribution >= 0.6 is 11.8 Å². The molecule has 1 heterocycles. The molecular formula is C13H23N3O2S. The van der Waals surface area contributed by atoms with Crippen LogP contribution in [0.5, 0.6) is 0 Å². The number of hydrogen-bond donors (Lipinski definition) is 2. The zero-order chi connectivity index (χ0) is 13.9. The standard InChI is InChI=1S/C13H23N3O2S/c1-2-3-4-5-6-7-8-9-11-14-13(16-15-11)19-10-12(17)18/h2-10H2,1H3,(H,17,18)(H,14,15,16). The maximum atomic E-state index is 10.4. The molecule has 0 aliphatic heterocycles. The number of unbranched alkanes of at least 4 members (excludes halogenated alkanes) is 6. The van der Waals surface area contributed by atoms with E-state index in [9.17, 15) is 4.79 Å². The van der Waals surface area contributed by atoms with Crippen molar-refractivity contribution in [2.45, 2.75) is 63.4 Å². The maximum Gasteiger partial charge on any atom is 0.313 e. The topological polar surface area (TPSA) is 78.9 Å². The molecule has 2 N–H and O–H groups in total. The molecule has 0 aromatic carbocycles. The monoisotopic (exact) mass is 285 g/mol. The lowest BCUT2D eigenvalue weighted by atomic mass is 10.1. The van der Waals surface area contributed by atoms with Gasteiger partial charge in [0, 0.05) is 6.42 Å². The van der Waals surface area contributed by atoms with Gasteiger partial charge in [-0.1, -0.05) is 57.2 Å². The molecule has 0 aliphatic carbocycles. The summed E-state index contributed by atoms with van der Waals surface area (Å²) in [4.78, 5) is 14.7. The summed E-state index contributed by atoms with van der Waals surface area (Å²) in [7, 11) is 0. The number of aliphatic carboxylic acids is 1. The molecule has 108 valence electrons. The van der Waals surface area contributed by atoms with Gasteiger partial charge in [0.2, 0.25) is 5.16 Å². The van der Waals surface area contributed by atoms with E-state index >= 15 is 0 Å². The molecular weight excluding hydrogens is 262 g/mol. The second kappa shape index (κ2) is 9.83. The van der Waals surface area contributed by atoms with Crippen LogP contribution in [0.1, 0.15) is 57.7 Å². The molecule has 0 aliphatic rings. The Hall–Kier alpha value is -1.04. The fraction of sp³-hybridized carbons (Fsp3) is 0.769. The van der Waals surface area contributed by atoms with Crippen LogP contribution in [0.25, 0.3) is 0 Å². The minimum atomic E-state index is -0.844. The Morgan fingerprint density at radius 3 is 2.58 bits per heavy atom. The number of H-pyrrole nitrogens is 1. The molecule has 0 fully saturated rings. The summed E-state index contributed by atoms with van der Waals surface area (Å²) < 4.78 is 0.